The number of aldehydes is 1. The average Bonchev–Trinajstić information content (AvgIpc) is 3.56. The van der Waals surface area contributed by atoms with Crippen LogP contribution in [-0.2, 0) is 4.79 Å². The number of nitrogens with zero attached hydrogens (tertiary/aromatic N) is 1. The molecule has 0 spiro atoms. The third-order valence-corrected chi connectivity index (χ3v) is 5.78. The molecule has 0 aromatic heterocycles. The van der Waals surface area contributed by atoms with Crippen LogP contribution in [0.4, 0.5) is 4.39 Å². The van der Waals surface area contributed by atoms with Gasteiger partial charge >= 0.3 is 0 Å². The summed E-state index contributed by atoms with van der Waals surface area (Å²) in [4.78, 5) is 12.7. The lowest BCUT2D eigenvalue weighted by Gasteiger charge is -2.25. The van der Waals surface area contributed by atoms with E-state index in [1.54, 1.807) is 6.07 Å². The lowest BCUT2D eigenvalue weighted by Crippen LogP contribution is -2.31. The Bertz CT molecular complexity index is 616. The molecule has 0 amide bonds. The minimum absolute atomic E-state index is 0. The van der Waals surface area contributed by atoms with Crippen molar-refractivity contribution < 1.29 is 9.18 Å². The van der Waals surface area contributed by atoms with E-state index in [-0.39, 0.29) is 12.0 Å². The number of halogens is 1. The molecule has 1 fully saturated rings. The maximum absolute atomic E-state index is 13.3. The molecular formula is C25H44FN3O. The second-order valence-corrected chi connectivity index (χ2v) is 8.25. The molecule has 1 saturated carbocycles. The van der Waals surface area contributed by atoms with Gasteiger partial charge in [0.1, 0.15) is 12.1 Å². The smallest absolute Gasteiger partial charge is 0.126 e. The van der Waals surface area contributed by atoms with Crippen molar-refractivity contribution in [1.29, 1.82) is 0 Å². The van der Waals surface area contributed by atoms with Gasteiger partial charge in [0.15, 0.2) is 0 Å². The number of carbonyl (C=O) groups is 1. The van der Waals surface area contributed by atoms with Crippen molar-refractivity contribution in [1.82, 2.24) is 16.4 Å². The molecule has 172 valence electrons. The van der Waals surface area contributed by atoms with Gasteiger partial charge in [-0.05, 0) is 48.8 Å². The van der Waals surface area contributed by atoms with Crippen molar-refractivity contribution in [3.63, 3.8) is 0 Å². The predicted octanol–water partition coefficient (Wildman–Crippen LogP) is 6.35. The zero-order valence-corrected chi connectivity index (χ0v) is 19.7. The molecule has 30 heavy (non-hydrogen) atoms. The number of benzene rings is 1. The molecule has 4 nitrogen and oxygen atoms in total. The van der Waals surface area contributed by atoms with Gasteiger partial charge in [-0.3, -0.25) is 0 Å². The Morgan fingerprint density at radius 3 is 2.50 bits per heavy atom. The number of nitrogens with one attached hydrogen (secondary N) is 1. The molecule has 0 saturated heterocycles. The summed E-state index contributed by atoms with van der Waals surface area (Å²) < 4.78 is 13.3. The van der Waals surface area contributed by atoms with E-state index in [2.05, 4.69) is 30.6 Å². The largest absolute Gasteiger partial charge is 0.375 e. The molecule has 0 heterocycles. The average molecular weight is 422 g/mol. The molecule has 2 rings (SSSR count). The van der Waals surface area contributed by atoms with Crippen LogP contribution in [0.15, 0.2) is 30.6 Å². The SMILES string of the molecule is C=C(NC)N(CCC=O)CCCCCC(C)c1ccc(F)c(C)c1.CCC1CC1.N. The van der Waals surface area contributed by atoms with Crippen LogP contribution in [-0.4, -0.2) is 31.3 Å². The van der Waals surface area contributed by atoms with Gasteiger partial charge in [-0.1, -0.05) is 64.7 Å². The van der Waals surface area contributed by atoms with Crippen LogP contribution in [0.1, 0.15) is 82.3 Å². The summed E-state index contributed by atoms with van der Waals surface area (Å²) in [5.74, 6) is 2.32. The van der Waals surface area contributed by atoms with Crippen LogP contribution >= 0.6 is 0 Å². The zero-order valence-electron chi connectivity index (χ0n) is 19.7. The molecule has 1 aliphatic rings. The normalized spacial score (nSPS) is 13.4. The minimum Gasteiger partial charge on any atom is -0.375 e. The molecule has 0 aliphatic heterocycles. The van der Waals surface area contributed by atoms with E-state index < -0.39 is 0 Å². The van der Waals surface area contributed by atoms with E-state index in [4.69, 9.17) is 0 Å². The first kappa shape index (κ1) is 28.1. The van der Waals surface area contributed by atoms with Crippen LogP contribution in [0.3, 0.4) is 0 Å². The first-order valence-electron chi connectivity index (χ1n) is 11.2. The summed E-state index contributed by atoms with van der Waals surface area (Å²) in [5, 5.41) is 3.05. The summed E-state index contributed by atoms with van der Waals surface area (Å²) in [6.07, 6.45) is 10.4. The van der Waals surface area contributed by atoms with Gasteiger partial charge in [-0.15, -0.1) is 0 Å². The molecule has 1 aromatic rings. The molecule has 0 bridgehead atoms. The number of carbonyl (C=O) groups excluding carboxylic acids is 1. The van der Waals surface area contributed by atoms with Gasteiger partial charge in [0.2, 0.25) is 0 Å². The van der Waals surface area contributed by atoms with E-state index in [9.17, 15) is 9.18 Å². The van der Waals surface area contributed by atoms with Gasteiger partial charge in [0.25, 0.3) is 0 Å². The van der Waals surface area contributed by atoms with Gasteiger partial charge in [0, 0.05) is 26.6 Å². The Kier molecular flexibility index (Phi) is 14.9. The zero-order chi connectivity index (χ0) is 21.6. The fourth-order valence-electron chi connectivity index (χ4n) is 3.35. The van der Waals surface area contributed by atoms with E-state index in [0.29, 0.717) is 18.9 Å². The number of hydrogen-bond donors (Lipinski definition) is 2. The monoisotopic (exact) mass is 421 g/mol. The molecule has 1 unspecified atom stereocenters. The highest BCUT2D eigenvalue weighted by molar-refractivity contribution is 5.49. The van der Waals surface area contributed by atoms with Crippen molar-refractivity contribution in [2.75, 3.05) is 20.1 Å². The first-order chi connectivity index (χ1) is 13.9. The van der Waals surface area contributed by atoms with Crippen LogP contribution in [0.25, 0.3) is 0 Å². The number of unbranched alkanes of at least 4 members (excludes halogenated alkanes) is 2. The van der Waals surface area contributed by atoms with E-state index in [1.807, 2.05) is 26.1 Å². The van der Waals surface area contributed by atoms with E-state index in [0.717, 1.165) is 55.8 Å². The Morgan fingerprint density at radius 2 is 2.00 bits per heavy atom. The highest BCUT2D eigenvalue weighted by Crippen LogP contribution is 2.31. The Balaban J connectivity index is 0.00000122. The molecular weight excluding hydrogens is 377 g/mol. The van der Waals surface area contributed by atoms with Crippen molar-refractivity contribution in [3.8, 4) is 0 Å². The third kappa shape index (κ3) is 11.3. The first-order valence-corrected chi connectivity index (χ1v) is 11.2. The highest BCUT2D eigenvalue weighted by atomic mass is 19.1. The van der Waals surface area contributed by atoms with Crippen molar-refractivity contribution >= 4 is 6.29 Å². The van der Waals surface area contributed by atoms with Gasteiger partial charge in [-0.2, -0.15) is 0 Å². The molecule has 4 N–H and O–H groups in total. The Labute approximate surface area is 183 Å². The molecule has 1 aromatic carbocycles. The van der Waals surface area contributed by atoms with E-state index >= 15 is 0 Å². The highest BCUT2D eigenvalue weighted by Gasteiger charge is 2.17. The van der Waals surface area contributed by atoms with Gasteiger partial charge in [-0.25, -0.2) is 4.39 Å². The summed E-state index contributed by atoms with van der Waals surface area (Å²) in [6.45, 7) is 11.9. The minimum atomic E-state index is -0.133. The second-order valence-electron chi connectivity index (χ2n) is 8.25. The van der Waals surface area contributed by atoms with Gasteiger partial charge in [0.05, 0.1) is 5.82 Å². The molecule has 5 heteroatoms. The van der Waals surface area contributed by atoms with Crippen molar-refractivity contribution in [2.24, 2.45) is 5.92 Å². The molecule has 0 radical (unpaired) electrons. The maximum atomic E-state index is 13.3. The standard InChI is InChI=1S/C20H31FN2O.C5H10.H3N/c1-16(19-10-11-20(21)17(2)15-19)9-6-5-7-12-23(13-8-14-24)18(3)22-4;1-2-5-3-4-5;/h10-11,14-16,22H,3,5-9,12-13H2,1-2,4H3;5H,2-4H2,1H3;1H3. The maximum Gasteiger partial charge on any atom is 0.126 e. The number of aryl methyl sites for hydroxylation is 1. The summed E-state index contributed by atoms with van der Waals surface area (Å²) in [7, 11) is 1.85. The molecule has 1 atom stereocenters. The second kappa shape index (κ2) is 15.9. The number of hydrogen-bond acceptors (Lipinski definition) is 4. The lowest BCUT2D eigenvalue weighted by molar-refractivity contribution is -0.108. The van der Waals surface area contributed by atoms with Gasteiger partial charge < -0.3 is 21.2 Å². The quantitative estimate of drug-likeness (QED) is 0.288. The van der Waals surface area contributed by atoms with E-state index in [1.165, 1.54) is 24.8 Å². The Morgan fingerprint density at radius 1 is 1.30 bits per heavy atom. The Hall–Kier alpha value is -1.88. The lowest BCUT2D eigenvalue weighted by atomic mass is 9.94. The van der Waals surface area contributed by atoms with Crippen molar-refractivity contribution in [2.45, 2.75) is 78.1 Å². The van der Waals surface area contributed by atoms with Crippen LogP contribution in [0.5, 0.6) is 0 Å². The third-order valence-electron chi connectivity index (χ3n) is 5.78. The fourth-order valence-corrected chi connectivity index (χ4v) is 3.35. The number of rotatable bonds is 13. The fraction of sp³-hybridized carbons (Fsp3) is 0.640. The van der Waals surface area contributed by atoms with Crippen molar-refractivity contribution in [3.05, 3.63) is 47.5 Å². The summed E-state index contributed by atoms with van der Waals surface area (Å²) in [6, 6.07) is 5.42. The molecule has 1 aliphatic carbocycles. The van der Waals surface area contributed by atoms with Crippen LogP contribution in [0.2, 0.25) is 0 Å². The summed E-state index contributed by atoms with van der Waals surface area (Å²) >= 11 is 0. The predicted molar refractivity (Wildman–Crippen MR) is 127 cm³/mol. The van der Waals surface area contributed by atoms with Crippen LogP contribution < -0.4 is 11.5 Å². The summed E-state index contributed by atoms with van der Waals surface area (Å²) in [5.41, 5.74) is 1.93. The van der Waals surface area contributed by atoms with Crippen LogP contribution in [0, 0.1) is 18.7 Å². The topological polar surface area (TPSA) is 67.3 Å².